The van der Waals surface area contributed by atoms with Gasteiger partial charge in [-0.2, -0.15) is 0 Å². The molecule has 1 N–H and O–H groups in total. The van der Waals surface area contributed by atoms with Crippen LogP contribution in [0.15, 0.2) is 0 Å². The summed E-state index contributed by atoms with van der Waals surface area (Å²) >= 11 is 0. The number of carbonyl (C=O) groups is 1. The zero-order valence-electron chi connectivity index (χ0n) is 16.6. The van der Waals surface area contributed by atoms with Gasteiger partial charge in [0.25, 0.3) is 0 Å². The predicted molar refractivity (Wildman–Crippen MR) is 113 cm³/mol. The molecule has 2 rings (SSSR count). The number of halogens is 2. The molecule has 0 spiro atoms. The predicted octanol–water partition coefficient (Wildman–Crippen LogP) is 4.58. The van der Waals surface area contributed by atoms with Gasteiger partial charge in [0.1, 0.15) is 7.85 Å². The van der Waals surface area contributed by atoms with Crippen LogP contribution in [0.1, 0.15) is 78.6 Å². The standard InChI is InChI=1S/C19H36BNO2.2ClH/c1-4-5-10-19(20,17(22)23)15-8-13-21(14-9-15)16-6-11-18(2,3)12-7-16;;/h15-16H,4-14,20H2,1-3H3,(H,22,23);2*1H. The first kappa shape index (κ1) is 25.1. The molecule has 1 aliphatic carbocycles. The first-order chi connectivity index (χ1) is 10.8. The summed E-state index contributed by atoms with van der Waals surface area (Å²) < 4.78 is 0. The molecule has 6 heteroatoms. The number of aliphatic carboxylic acids is 1. The van der Waals surface area contributed by atoms with E-state index >= 15 is 0 Å². The first-order valence-electron chi connectivity index (χ1n) is 9.76. The normalized spacial score (nSPS) is 24.6. The molecule has 1 atom stereocenters. The molecule has 25 heavy (non-hydrogen) atoms. The molecule has 0 aromatic rings. The summed E-state index contributed by atoms with van der Waals surface area (Å²) in [4.78, 5) is 14.5. The number of hydrogen-bond donors (Lipinski definition) is 1. The lowest BCUT2D eigenvalue weighted by atomic mass is 9.55. The molecule has 1 heterocycles. The number of likely N-dealkylation sites (tertiary alicyclic amines) is 1. The van der Waals surface area contributed by atoms with Crippen LogP contribution in [0.3, 0.4) is 0 Å². The molecule has 0 aromatic heterocycles. The maximum Gasteiger partial charge on any atom is 0.301 e. The van der Waals surface area contributed by atoms with E-state index in [1.807, 2.05) is 7.85 Å². The summed E-state index contributed by atoms with van der Waals surface area (Å²) in [7, 11) is 1.99. The Kier molecular flexibility index (Phi) is 10.5. The Morgan fingerprint density at radius 1 is 1.16 bits per heavy atom. The summed E-state index contributed by atoms with van der Waals surface area (Å²) in [5, 5.41) is 9.25. The van der Waals surface area contributed by atoms with Crippen LogP contribution in [0.25, 0.3) is 0 Å². The number of hydrogen-bond acceptors (Lipinski definition) is 2. The van der Waals surface area contributed by atoms with Crippen LogP contribution in [-0.4, -0.2) is 43.0 Å². The third-order valence-electron chi connectivity index (χ3n) is 6.79. The van der Waals surface area contributed by atoms with Crippen molar-refractivity contribution in [3.8, 4) is 0 Å². The van der Waals surface area contributed by atoms with Crippen LogP contribution in [0.2, 0.25) is 5.31 Å². The van der Waals surface area contributed by atoms with Crippen LogP contribution in [-0.2, 0) is 4.79 Å². The van der Waals surface area contributed by atoms with Crippen LogP contribution in [0.4, 0.5) is 0 Å². The SMILES string of the molecule is BC(CCCC)(C(=O)O)C1CCN(C2CCC(C)(C)CC2)CC1.Cl.Cl. The molecule has 1 aliphatic heterocycles. The second-order valence-electron chi connectivity index (χ2n) is 9.03. The maximum atomic E-state index is 11.9. The van der Waals surface area contributed by atoms with E-state index in [4.69, 9.17) is 0 Å². The fraction of sp³-hybridized carbons (Fsp3) is 0.947. The van der Waals surface area contributed by atoms with Gasteiger partial charge >= 0.3 is 5.97 Å². The molecule has 2 fully saturated rings. The summed E-state index contributed by atoms with van der Waals surface area (Å²) in [6.07, 6.45) is 10.4. The smallest absolute Gasteiger partial charge is 0.301 e. The maximum absolute atomic E-state index is 11.9. The van der Waals surface area contributed by atoms with Gasteiger partial charge in [0.2, 0.25) is 0 Å². The van der Waals surface area contributed by atoms with Crippen molar-refractivity contribution >= 4 is 38.6 Å². The molecule has 1 saturated carbocycles. The van der Waals surface area contributed by atoms with Crippen molar-refractivity contribution in [1.82, 2.24) is 4.90 Å². The Labute approximate surface area is 167 Å². The van der Waals surface area contributed by atoms with Gasteiger partial charge in [-0.1, -0.05) is 33.6 Å². The van der Waals surface area contributed by atoms with E-state index in [9.17, 15) is 9.90 Å². The van der Waals surface area contributed by atoms with Crippen molar-refractivity contribution < 1.29 is 9.90 Å². The third-order valence-corrected chi connectivity index (χ3v) is 6.79. The van der Waals surface area contributed by atoms with E-state index < -0.39 is 11.3 Å². The van der Waals surface area contributed by atoms with Crippen molar-refractivity contribution in [1.29, 1.82) is 0 Å². The number of nitrogens with zero attached hydrogens (tertiary/aromatic N) is 1. The lowest BCUT2D eigenvalue weighted by Crippen LogP contribution is -2.47. The van der Waals surface area contributed by atoms with Crippen LogP contribution < -0.4 is 0 Å². The van der Waals surface area contributed by atoms with Gasteiger partial charge in [0, 0.05) is 11.4 Å². The lowest BCUT2D eigenvalue weighted by molar-refractivity contribution is -0.143. The first-order valence-corrected chi connectivity index (χ1v) is 9.76. The van der Waals surface area contributed by atoms with Gasteiger partial charge in [0.05, 0.1) is 0 Å². The number of unbranched alkanes of at least 4 members (excludes halogenated alkanes) is 1. The third kappa shape index (κ3) is 6.32. The number of carboxylic acid groups (broad SMARTS) is 1. The molecular formula is C19H38BCl2NO2. The fourth-order valence-electron chi connectivity index (χ4n) is 4.68. The van der Waals surface area contributed by atoms with Gasteiger partial charge in [-0.05, 0) is 69.4 Å². The van der Waals surface area contributed by atoms with E-state index in [2.05, 4.69) is 25.7 Å². The molecule has 3 nitrogen and oxygen atoms in total. The largest absolute Gasteiger partial charge is 0.481 e. The van der Waals surface area contributed by atoms with E-state index in [0.717, 1.165) is 51.2 Å². The molecule has 0 aromatic carbocycles. The highest BCUT2D eigenvalue weighted by Crippen LogP contribution is 2.45. The van der Waals surface area contributed by atoms with Gasteiger partial charge in [-0.3, -0.25) is 4.79 Å². The molecule has 1 unspecified atom stereocenters. The summed E-state index contributed by atoms with van der Waals surface area (Å²) in [6.45, 7) is 9.13. The highest BCUT2D eigenvalue weighted by Gasteiger charge is 2.42. The summed E-state index contributed by atoms with van der Waals surface area (Å²) in [5.41, 5.74) is 0.525. The van der Waals surface area contributed by atoms with Gasteiger partial charge in [-0.15, -0.1) is 24.8 Å². The van der Waals surface area contributed by atoms with Gasteiger partial charge in [-0.25, -0.2) is 0 Å². The van der Waals surface area contributed by atoms with Crippen molar-refractivity contribution in [2.24, 2.45) is 11.3 Å². The molecule has 1 saturated heterocycles. The molecule has 148 valence electrons. The van der Waals surface area contributed by atoms with E-state index in [1.165, 1.54) is 25.7 Å². The second-order valence-corrected chi connectivity index (χ2v) is 9.03. The molecule has 0 amide bonds. The minimum atomic E-state index is -0.580. The van der Waals surface area contributed by atoms with Crippen molar-refractivity contribution in [2.45, 2.75) is 89.9 Å². The average Bonchev–Trinajstić information content (AvgIpc) is 2.52. The Hall–Kier alpha value is 0.0749. The lowest BCUT2D eigenvalue weighted by Gasteiger charge is -2.45. The number of carboxylic acids is 1. The Bertz CT molecular complexity index is 404. The van der Waals surface area contributed by atoms with Gasteiger partial charge in [0.15, 0.2) is 0 Å². The summed E-state index contributed by atoms with van der Waals surface area (Å²) in [5.74, 6) is -0.230. The highest BCUT2D eigenvalue weighted by molar-refractivity contribution is 6.27. The molecular weight excluding hydrogens is 356 g/mol. The van der Waals surface area contributed by atoms with Gasteiger partial charge < -0.3 is 10.0 Å². The van der Waals surface area contributed by atoms with Crippen molar-refractivity contribution in [3.63, 3.8) is 0 Å². The second kappa shape index (κ2) is 10.4. The zero-order valence-corrected chi connectivity index (χ0v) is 18.2. The number of piperidine rings is 1. The number of rotatable bonds is 6. The minimum Gasteiger partial charge on any atom is -0.481 e. The van der Waals surface area contributed by atoms with E-state index in [0.29, 0.717) is 11.3 Å². The topological polar surface area (TPSA) is 40.5 Å². The highest BCUT2D eigenvalue weighted by atomic mass is 35.5. The van der Waals surface area contributed by atoms with Crippen LogP contribution >= 0.6 is 24.8 Å². The average molecular weight is 394 g/mol. The van der Waals surface area contributed by atoms with Crippen LogP contribution in [0, 0.1) is 11.3 Å². The van der Waals surface area contributed by atoms with Crippen LogP contribution in [0.5, 0.6) is 0 Å². The van der Waals surface area contributed by atoms with Crippen molar-refractivity contribution in [3.05, 3.63) is 0 Å². The Balaban J connectivity index is 0.00000288. The summed E-state index contributed by atoms with van der Waals surface area (Å²) in [6, 6.07) is 0.746. The molecule has 0 bridgehead atoms. The zero-order chi connectivity index (χ0) is 17.1. The minimum absolute atomic E-state index is 0. The molecule has 0 radical (unpaired) electrons. The van der Waals surface area contributed by atoms with E-state index in [1.54, 1.807) is 0 Å². The Morgan fingerprint density at radius 3 is 2.12 bits per heavy atom. The van der Waals surface area contributed by atoms with Crippen molar-refractivity contribution in [2.75, 3.05) is 13.1 Å². The monoisotopic (exact) mass is 393 g/mol. The quantitative estimate of drug-likeness (QED) is 0.671. The fourth-order valence-corrected chi connectivity index (χ4v) is 4.68. The molecule has 2 aliphatic rings. The van der Waals surface area contributed by atoms with E-state index in [-0.39, 0.29) is 24.8 Å². The Morgan fingerprint density at radius 2 is 1.68 bits per heavy atom.